The number of nitrogens with one attached hydrogen (secondary N) is 1. The summed E-state index contributed by atoms with van der Waals surface area (Å²) < 4.78 is 28.0. The van der Waals surface area contributed by atoms with Crippen LogP contribution in [-0.2, 0) is 10.0 Å². The van der Waals surface area contributed by atoms with Gasteiger partial charge in [-0.25, -0.2) is 13.1 Å². The van der Waals surface area contributed by atoms with Crippen molar-refractivity contribution >= 4 is 27.3 Å². The first-order valence-electron chi connectivity index (χ1n) is 7.36. The van der Waals surface area contributed by atoms with Gasteiger partial charge in [0.15, 0.2) is 0 Å². The van der Waals surface area contributed by atoms with Gasteiger partial charge in [-0.2, -0.15) is 0 Å². The van der Waals surface area contributed by atoms with Crippen molar-refractivity contribution in [2.45, 2.75) is 29.2 Å². The summed E-state index contributed by atoms with van der Waals surface area (Å²) in [6, 6.07) is 6.03. The monoisotopic (exact) mass is 367 g/mol. The second kappa shape index (κ2) is 6.60. The van der Waals surface area contributed by atoms with E-state index in [2.05, 4.69) is 9.71 Å². The van der Waals surface area contributed by atoms with Gasteiger partial charge in [-0.3, -0.25) is 9.78 Å². The lowest BCUT2D eigenvalue weighted by atomic mass is 9.76. The van der Waals surface area contributed by atoms with Gasteiger partial charge in [0.1, 0.15) is 4.21 Å². The molecule has 4 N–H and O–H groups in total. The molecule has 0 bridgehead atoms. The molecule has 1 saturated carbocycles. The SMILES string of the molecule is NC(=O)c1csc(S(=O)(=O)NC(c2ccccn2)C2CC(O)C2)c1. The number of hydrogen-bond donors (Lipinski definition) is 3. The number of sulfonamides is 1. The summed E-state index contributed by atoms with van der Waals surface area (Å²) in [5.74, 6) is -0.698. The van der Waals surface area contributed by atoms with Crippen LogP contribution in [0.2, 0.25) is 0 Å². The molecule has 9 heteroatoms. The van der Waals surface area contributed by atoms with E-state index in [1.165, 1.54) is 11.4 Å². The van der Waals surface area contributed by atoms with E-state index >= 15 is 0 Å². The molecule has 0 radical (unpaired) electrons. The van der Waals surface area contributed by atoms with E-state index in [4.69, 9.17) is 5.73 Å². The fourth-order valence-electron chi connectivity index (χ4n) is 2.67. The van der Waals surface area contributed by atoms with Crippen LogP contribution in [0.4, 0.5) is 0 Å². The number of carbonyl (C=O) groups excluding carboxylic acids is 1. The van der Waals surface area contributed by atoms with Gasteiger partial charge in [0.05, 0.1) is 23.4 Å². The average Bonchev–Trinajstić information content (AvgIpc) is 3.02. The van der Waals surface area contributed by atoms with Crippen LogP contribution in [0.15, 0.2) is 40.1 Å². The fraction of sp³-hybridized carbons (Fsp3) is 0.333. The van der Waals surface area contributed by atoms with E-state index in [-0.39, 0.29) is 15.7 Å². The number of thiophene rings is 1. The molecule has 2 heterocycles. The zero-order valence-corrected chi connectivity index (χ0v) is 14.3. The number of hydrogen-bond acceptors (Lipinski definition) is 6. The van der Waals surface area contributed by atoms with E-state index in [1.807, 2.05) is 0 Å². The Morgan fingerprint density at radius 2 is 2.17 bits per heavy atom. The van der Waals surface area contributed by atoms with Crippen molar-refractivity contribution in [1.82, 2.24) is 9.71 Å². The number of carbonyl (C=O) groups is 1. The Labute approximate surface area is 143 Å². The zero-order valence-electron chi connectivity index (χ0n) is 12.6. The highest BCUT2D eigenvalue weighted by Gasteiger charge is 2.38. The van der Waals surface area contributed by atoms with Gasteiger partial charge >= 0.3 is 0 Å². The normalized spacial score (nSPS) is 21.9. The standard InChI is InChI=1S/C15H17N3O4S2/c16-15(20)10-7-13(23-8-10)24(21,22)18-14(9-5-11(19)6-9)12-3-1-2-4-17-12/h1-4,7-9,11,14,18-19H,5-6H2,(H2,16,20). The van der Waals surface area contributed by atoms with Crippen molar-refractivity contribution in [1.29, 1.82) is 0 Å². The van der Waals surface area contributed by atoms with E-state index in [0.717, 1.165) is 11.3 Å². The molecule has 1 aliphatic rings. The molecule has 1 aliphatic carbocycles. The van der Waals surface area contributed by atoms with Crippen LogP contribution >= 0.6 is 11.3 Å². The summed E-state index contributed by atoms with van der Waals surface area (Å²) >= 11 is 0.939. The zero-order chi connectivity index (χ0) is 17.3. The van der Waals surface area contributed by atoms with Crippen LogP contribution in [-0.4, -0.2) is 30.5 Å². The Hall–Kier alpha value is -1.81. The first kappa shape index (κ1) is 17.0. The van der Waals surface area contributed by atoms with E-state index in [0.29, 0.717) is 18.5 Å². The highest BCUT2D eigenvalue weighted by Crippen LogP contribution is 2.38. The molecule has 7 nitrogen and oxygen atoms in total. The van der Waals surface area contributed by atoms with E-state index < -0.39 is 28.1 Å². The maximum absolute atomic E-state index is 12.6. The number of amides is 1. The van der Waals surface area contributed by atoms with Crippen molar-refractivity contribution in [3.05, 3.63) is 47.1 Å². The van der Waals surface area contributed by atoms with Crippen molar-refractivity contribution in [3.63, 3.8) is 0 Å². The first-order valence-corrected chi connectivity index (χ1v) is 9.73. The van der Waals surface area contributed by atoms with Crippen molar-refractivity contribution in [2.75, 3.05) is 0 Å². The smallest absolute Gasteiger partial charge is 0.250 e. The molecule has 0 aliphatic heterocycles. The van der Waals surface area contributed by atoms with Crippen LogP contribution in [0.5, 0.6) is 0 Å². The Morgan fingerprint density at radius 1 is 1.42 bits per heavy atom. The lowest BCUT2D eigenvalue weighted by Crippen LogP contribution is -2.41. The maximum atomic E-state index is 12.6. The predicted octanol–water partition coefficient (Wildman–Crippen LogP) is 1.03. The third-order valence-corrected chi connectivity index (χ3v) is 6.92. The fourth-order valence-corrected chi connectivity index (χ4v) is 5.14. The first-order chi connectivity index (χ1) is 11.4. The van der Waals surface area contributed by atoms with Crippen LogP contribution in [0, 0.1) is 5.92 Å². The number of aliphatic hydroxyl groups is 1. The average molecular weight is 367 g/mol. The Balaban J connectivity index is 1.87. The molecule has 128 valence electrons. The van der Waals surface area contributed by atoms with Crippen LogP contribution < -0.4 is 10.5 Å². The third-order valence-electron chi connectivity index (χ3n) is 4.03. The molecule has 0 spiro atoms. The van der Waals surface area contributed by atoms with Crippen molar-refractivity contribution < 1.29 is 18.3 Å². The lowest BCUT2D eigenvalue weighted by Gasteiger charge is -2.37. The van der Waals surface area contributed by atoms with Gasteiger partial charge < -0.3 is 10.8 Å². The Kier molecular flexibility index (Phi) is 4.68. The Morgan fingerprint density at radius 3 is 2.71 bits per heavy atom. The molecule has 1 amide bonds. The number of nitrogens with zero attached hydrogens (tertiary/aromatic N) is 1. The largest absolute Gasteiger partial charge is 0.393 e. The number of primary amides is 1. The van der Waals surface area contributed by atoms with Gasteiger partial charge in [-0.1, -0.05) is 6.07 Å². The highest BCUT2D eigenvalue weighted by atomic mass is 32.2. The summed E-state index contributed by atoms with van der Waals surface area (Å²) in [6.07, 6.45) is 2.22. The lowest BCUT2D eigenvalue weighted by molar-refractivity contribution is 0.0273. The molecule has 0 saturated heterocycles. The van der Waals surface area contributed by atoms with Crippen molar-refractivity contribution in [3.8, 4) is 0 Å². The minimum absolute atomic E-state index is 0.0251. The minimum atomic E-state index is -3.82. The number of aliphatic hydroxyl groups excluding tert-OH is 1. The van der Waals surface area contributed by atoms with Crippen LogP contribution in [0.3, 0.4) is 0 Å². The molecule has 2 aromatic rings. The molecular formula is C15H17N3O4S2. The minimum Gasteiger partial charge on any atom is -0.393 e. The molecule has 3 rings (SSSR count). The molecule has 0 aromatic carbocycles. The molecular weight excluding hydrogens is 350 g/mol. The van der Waals surface area contributed by atoms with Gasteiger partial charge in [0.25, 0.3) is 10.0 Å². The molecule has 24 heavy (non-hydrogen) atoms. The quantitative estimate of drug-likeness (QED) is 0.704. The number of nitrogens with two attached hydrogens (primary N) is 1. The summed E-state index contributed by atoms with van der Waals surface area (Å²) in [4.78, 5) is 15.4. The maximum Gasteiger partial charge on any atom is 0.250 e. The van der Waals surface area contributed by atoms with E-state index in [1.54, 1.807) is 24.4 Å². The number of pyridine rings is 1. The number of aromatic nitrogens is 1. The highest BCUT2D eigenvalue weighted by molar-refractivity contribution is 7.91. The molecule has 1 fully saturated rings. The van der Waals surface area contributed by atoms with E-state index in [9.17, 15) is 18.3 Å². The summed E-state index contributed by atoms with van der Waals surface area (Å²) in [6.45, 7) is 0. The third kappa shape index (κ3) is 3.48. The predicted molar refractivity (Wildman–Crippen MR) is 88.9 cm³/mol. The summed E-state index contributed by atoms with van der Waals surface area (Å²) in [7, 11) is -3.82. The van der Waals surface area contributed by atoms with Gasteiger partial charge in [0, 0.05) is 11.6 Å². The Bertz CT molecular complexity index is 829. The van der Waals surface area contributed by atoms with Gasteiger partial charge in [-0.05, 0) is 37.0 Å². The topological polar surface area (TPSA) is 122 Å². The van der Waals surface area contributed by atoms with Gasteiger partial charge in [-0.15, -0.1) is 11.3 Å². The van der Waals surface area contributed by atoms with Crippen LogP contribution in [0.25, 0.3) is 0 Å². The van der Waals surface area contributed by atoms with Crippen LogP contribution in [0.1, 0.15) is 34.9 Å². The molecule has 1 atom stereocenters. The number of rotatable bonds is 6. The summed E-state index contributed by atoms with van der Waals surface area (Å²) in [5, 5.41) is 11.0. The second-order valence-electron chi connectivity index (χ2n) is 5.76. The second-order valence-corrected chi connectivity index (χ2v) is 8.61. The van der Waals surface area contributed by atoms with Crippen molar-refractivity contribution in [2.24, 2.45) is 11.7 Å². The van der Waals surface area contributed by atoms with Gasteiger partial charge in [0.2, 0.25) is 5.91 Å². The molecule has 1 unspecified atom stereocenters. The molecule has 2 aromatic heterocycles. The summed E-state index contributed by atoms with van der Waals surface area (Å²) in [5.41, 5.74) is 5.93.